The highest BCUT2D eigenvalue weighted by atomic mass is 16.5. The van der Waals surface area contributed by atoms with Crippen molar-refractivity contribution in [1.29, 1.82) is 0 Å². The van der Waals surface area contributed by atoms with Gasteiger partial charge in [-0.15, -0.1) is 0 Å². The number of nitrogens with two attached hydrogens (primary N) is 1. The summed E-state index contributed by atoms with van der Waals surface area (Å²) < 4.78 is 6.14. The average Bonchev–Trinajstić information content (AvgIpc) is 2.55. The van der Waals surface area contributed by atoms with E-state index in [2.05, 4.69) is 20.8 Å². The van der Waals surface area contributed by atoms with Crippen molar-refractivity contribution in [3.63, 3.8) is 0 Å². The minimum Gasteiger partial charge on any atom is -0.489 e. The molecule has 0 bridgehead atoms. The lowest BCUT2D eigenvalue weighted by molar-refractivity contribution is 0.117. The molecule has 0 heterocycles. The summed E-state index contributed by atoms with van der Waals surface area (Å²) in [5.74, 6) is 0.924. The normalized spacial score (nSPS) is 13.0. The van der Waals surface area contributed by atoms with Gasteiger partial charge in [0, 0.05) is 5.54 Å². The first-order chi connectivity index (χ1) is 11.5. The van der Waals surface area contributed by atoms with E-state index in [4.69, 9.17) is 10.5 Å². The summed E-state index contributed by atoms with van der Waals surface area (Å²) in [5, 5.41) is 0. The number of rotatable bonds is 14. The van der Waals surface area contributed by atoms with Gasteiger partial charge in [0.15, 0.2) is 0 Å². The first kappa shape index (κ1) is 21.0. The van der Waals surface area contributed by atoms with Gasteiger partial charge in [-0.05, 0) is 38.8 Å². The van der Waals surface area contributed by atoms with Crippen LogP contribution in [0, 0.1) is 0 Å². The fraction of sp³-hybridized carbons (Fsp3) is 0.727. The maximum Gasteiger partial charge on any atom is 0.119 e. The fourth-order valence-electron chi connectivity index (χ4n) is 3.06. The van der Waals surface area contributed by atoms with Crippen LogP contribution in [0.4, 0.5) is 0 Å². The molecular formula is C22H39NO. The van der Waals surface area contributed by atoms with E-state index in [1.54, 1.807) is 0 Å². The Hall–Kier alpha value is -1.02. The van der Waals surface area contributed by atoms with Crippen LogP contribution >= 0.6 is 0 Å². The van der Waals surface area contributed by atoms with Gasteiger partial charge in [0.25, 0.3) is 0 Å². The summed E-state index contributed by atoms with van der Waals surface area (Å²) in [4.78, 5) is 0. The minimum atomic E-state index is -0.310. The fourth-order valence-corrected chi connectivity index (χ4v) is 3.06. The molecule has 0 aliphatic heterocycles. The molecule has 0 amide bonds. The van der Waals surface area contributed by atoms with Crippen LogP contribution in [0.2, 0.25) is 0 Å². The summed E-state index contributed by atoms with van der Waals surface area (Å²) in [6.45, 7) is 6.41. The van der Waals surface area contributed by atoms with Gasteiger partial charge in [-0.2, -0.15) is 0 Å². The van der Waals surface area contributed by atoms with Crippen LogP contribution in [0.1, 0.15) is 91.4 Å². The molecule has 1 atom stereocenters. The van der Waals surface area contributed by atoms with Gasteiger partial charge in [0.05, 0.1) is 0 Å². The molecule has 0 saturated carbocycles. The van der Waals surface area contributed by atoms with E-state index in [9.17, 15) is 0 Å². The second kappa shape index (κ2) is 12.4. The molecule has 24 heavy (non-hydrogen) atoms. The largest absolute Gasteiger partial charge is 0.489 e. The van der Waals surface area contributed by atoms with Crippen molar-refractivity contribution in [3.8, 4) is 5.75 Å². The lowest BCUT2D eigenvalue weighted by Gasteiger charge is -2.31. The zero-order chi connectivity index (χ0) is 17.7. The Bertz CT molecular complexity index is 396. The first-order valence-corrected chi connectivity index (χ1v) is 10.0. The second-order valence-corrected chi connectivity index (χ2v) is 7.71. The number of unbranched alkanes of at least 4 members (excludes halogenated alkanes) is 9. The van der Waals surface area contributed by atoms with E-state index >= 15 is 0 Å². The summed E-state index contributed by atoms with van der Waals surface area (Å²) in [7, 11) is 0. The smallest absolute Gasteiger partial charge is 0.119 e. The molecule has 2 N–H and O–H groups in total. The highest BCUT2D eigenvalue weighted by Crippen LogP contribution is 2.21. The molecule has 0 saturated heterocycles. The number of hydrogen-bond donors (Lipinski definition) is 1. The minimum absolute atomic E-state index is 0.0777. The number of hydrogen-bond acceptors (Lipinski definition) is 2. The third-order valence-corrected chi connectivity index (χ3v) is 4.67. The highest BCUT2D eigenvalue weighted by Gasteiger charge is 2.26. The molecule has 1 aromatic rings. The number of ether oxygens (including phenoxy) is 1. The van der Waals surface area contributed by atoms with Gasteiger partial charge in [0.1, 0.15) is 11.9 Å². The molecule has 2 nitrogen and oxygen atoms in total. The van der Waals surface area contributed by atoms with Gasteiger partial charge in [0.2, 0.25) is 0 Å². The van der Waals surface area contributed by atoms with Crippen molar-refractivity contribution in [1.82, 2.24) is 0 Å². The van der Waals surface area contributed by atoms with E-state index < -0.39 is 0 Å². The van der Waals surface area contributed by atoms with Crippen LogP contribution in [0.15, 0.2) is 30.3 Å². The van der Waals surface area contributed by atoms with Crippen molar-refractivity contribution in [2.75, 3.05) is 0 Å². The molecule has 1 aromatic carbocycles. The van der Waals surface area contributed by atoms with Crippen molar-refractivity contribution in [2.24, 2.45) is 5.73 Å². The molecule has 2 heteroatoms. The van der Waals surface area contributed by atoms with E-state index in [1.165, 1.54) is 64.2 Å². The molecule has 0 aromatic heterocycles. The lowest BCUT2D eigenvalue weighted by Crippen LogP contribution is -2.48. The Balaban J connectivity index is 2.15. The Morgan fingerprint density at radius 3 is 1.83 bits per heavy atom. The predicted octanol–water partition coefficient (Wildman–Crippen LogP) is 6.48. The van der Waals surface area contributed by atoms with Gasteiger partial charge in [-0.1, -0.05) is 82.9 Å². The molecule has 0 aliphatic carbocycles. The van der Waals surface area contributed by atoms with Gasteiger partial charge in [-0.25, -0.2) is 0 Å². The number of para-hydroxylation sites is 1. The third kappa shape index (κ3) is 9.97. The molecule has 138 valence electrons. The van der Waals surface area contributed by atoms with E-state index in [-0.39, 0.29) is 11.6 Å². The molecular weight excluding hydrogens is 294 g/mol. The van der Waals surface area contributed by atoms with Crippen molar-refractivity contribution < 1.29 is 4.74 Å². The Labute approximate surface area is 150 Å². The summed E-state index contributed by atoms with van der Waals surface area (Å²) in [6.07, 6.45) is 14.7. The highest BCUT2D eigenvalue weighted by molar-refractivity contribution is 5.21. The summed E-state index contributed by atoms with van der Waals surface area (Å²) >= 11 is 0. The molecule has 1 unspecified atom stereocenters. The Morgan fingerprint density at radius 2 is 1.33 bits per heavy atom. The van der Waals surface area contributed by atoms with E-state index in [0.717, 1.165) is 12.2 Å². The molecule has 1 rings (SSSR count). The van der Waals surface area contributed by atoms with Gasteiger partial charge >= 0.3 is 0 Å². The van der Waals surface area contributed by atoms with E-state index in [1.807, 2.05) is 30.3 Å². The topological polar surface area (TPSA) is 35.2 Å². The van der Waals surface area contributed by atoms with Crippen LogP contribution < -0.4 is 10.5 Å². The summed E-state index contributed by atoms with van der Waals surface area (Å²) in [5.41, 5.74) is 6.01. The monoisotopic (exact) mass is 333 g/mol. The van der Waals surface area contributed by atoms with Gasteiger partial charge in [-0.3, -0.25) is 0 Å². The molecule has 0 fully saturated rings. The van der Waals surface area contributed by atoms with Crippen LogP contribution in [-0.4, -0.2) is 11.6 Å². The number of benzene rings is 1. The quantitative estimate of drug-likeness (QED) is 0.395. The lowest BCUT2D eigenvalue weighted by atomic mass is 9.93. The molecule has 0 spiro atoms. The van der Waals surface area contributed by atoms with Crippen LogP contribution in [-0.2, 0) is 0 Å². The van der Waals surface area contributed by atoms with Crippen molar-refractivity contribution >= 4 is 0 Å². The SMILES string of the molecule is CCCCCCCCCCCCC(Oc1ccccc1)C(C)(C)N. The standard InChI is InChI=1S/C22H39NO/c1-4-5-6-7-8-9-10-11-12-16-19-21(22(2,3)23)24-20-17-14-13-15-18-20/h13-15,17-18,21H,4-12,16,19,23H2,1-3H3. The Morgan fingerprint density at radius 1 is 0.833 bits per heavy atom. The van der Waals surface area contributed by atoms with E-state index in [0.29, 0.717) is 0 Å². The first-order valence-electron chi connectivity index (χ1n) is 10.0. The van der Waals surface area contributed by atoms with Crippen LogP contribution in [0.25, 0.3) is 0 Å². The second-order valence-electron chi connectivity index (χ2n) is 7.71. The van der Waals surface area contributed by atoms with Crippen LogP contribution in [0.3, 0.4) is 0 Å². The Kier molecular flexibility index (Phi) is 10.8. The molecule has 0 radical (unpaired) electrons. The van der Waals surface area contributed by atoms with Crippen molar-refractivity contribution in [3.05, 3.63) is 30.3 Å². The maximum absolute atomic E-state index is 6.32. The summed E-state index contributed by atoms with van der Waals surface area (Å²) in [6, 6.07) is 10.1. The average molecular weight is 334 g/mol. The zero-order valence-corrected chi connectivity index (χ0v) is 16.2. The maximum atomic E-state index is 6.32. The van der Waals surface area contributed by atoms with Crippen LogP contribution in [0.5, 0.6) is 5.75 Å². The predicted molar refractivity (Wildman–Crippen MR) is 106 cm³/mol. The third-order valence-electron chi connectivity index (χ3n) is 4.67. The van der Waals surface area contributed by atoms with Crippen molar-refractivity contribution in [2.45, 2.75) is 103 Å². The van der Waals surface area contributed by atoms with Gasteiger partial charge < -0.3 is 10.5 Å². The molecule has 0 aliphatic rings. The zero-order valence-electron chi connectivity index (χ0n) is 16.2.